The van der Waals surface area contributed by atoms with Crippen LogP contribution in [0.3, 0.4) is 0 Å². The molecule has 1 fully saturated rings. The first-order valence-corrected chi connectivity index (χ1v) is 8.29. The van der Waals surface area contributed by atoms with Gasteiger partial charge in [-0.25, -0.2) is 4.98 Å². The number of nitrogens with one attached hydrogen (secondary N) is 1. The molecule has 1 aliphatic rings. The van der Waals surface area contributed by atoms with Crippen LogP contribution in [0.5, 0.6) is 5.75 Å². The number of fused-ring (bicyclic) bond motifs is 1. The van der Waals surface area contributed by atoms with Crippen molar-refractivity contribution in [2.45, 2.75) is 45.1 Å². The van der Waals surface area contributed by atoms with Crippen molar-refractivity contribution in [2.24, 2.45) is 5.92 Å². The van der Waals surface area contributed by atoms with Gasteiger partial charge in [0.05, 0.1) is 17.3 Å². The predicted molar refractivity (Wildman–Crippen MR) is 85.8 cm³/mol. The summed E-state index contributed by atoms with van der Waals surface area (Å²) < 4.78 is 6.46. The number of aromatic nitrogens is 1. The SMILES string of the molecule is COc1ccc2nc(NC3CCCCCC3C)sc2c1. The molecule has 1 aromatic heterocycles. The minimum absolute atomic E-state index is 0.569. The number of methoxy groups -OCH3 is 1. The van der Waals surface area contributed by atoms with Crippen molar-refractivity contribution in [3.8, 4) is 5.75 Å². The minimum Gasteiger partial charge on any atom is -0.497 e. The molecule has 0 saturated heterocycles. The summed E-state index contributed by atoms with van der Waals surface area (Å²) in [5.41, 5.74) is 1.06. The van der Waals surface area contributed by atoms with Gasteiger partial charge in [-0.1, -0.05) is 37.5 Å². The Morgan fingerprint density at radius 1 is 1.25 bits per heavy atom. The van der Waals surface area contributed by atoms with E-state index in [1.807, 2.05) is 12.1 Å². The Morgan fingerprint density at radius 3 is 2.95 bits per heavy atom. The Balaban J connectivity index is 1.79. The molecular weight excluding hydrogens is 268 g/mol. The van der Waals surface area contributed by atoms with Crippen molar-refractivity contribution in [3.05, 3.63) is 18.2 Å². The molecule has 0 amide bonds. The molecule has 1 aliphatic carbocycles. The lowest BCUT2D eigenvalue weighted by Gasteiger charge is -2.22. The van der Waals surface area contributed by atoms with Crippen LogP contribution in [-0.2, 0) is 0 Å². The highest BCUT2D eigenvalue weighted by atomic mass is 32.1. The first-order chi connectivity index (χ1) is 9.76. The summed E-state index contributed by atoms with van der Waals surface area (Å²) in [6.45, 7) is 2.36. The van der Waals surface area contributed by atoms with E-state index in [0.717, 1.165) is 22.3 Å². The third kappa shape index (κ3) is 2.90. The number of benzene rings is 1. The summed E-state index contributed by atoms with van der Waals surface area (Å²) in [6.07, 6.45) is 6.67. The summed E-state index contributed by atoms with van der Waals surface area (Å²) in [5.74, 6) is 1.63. The molecule has 0 bridgehead atoms. The summed E-state index contributed by atoms with van der Waals surface area (Å²) in [4.78, 5) is 4.70. The summed E-state index contributed by atoms with van der Waals surface area (Å²) in [7, 11) is 1.70. The molecule has 4 heteroatoms. The van der Waals surface area contributed by atoms with Crippen LogP contribution in [0.15, 0.2) is 18.2 Å². The van der Waals surface area contributed by atoms with E-state index in [1.54, 1.807) is 18.4 Å². The van der Waals surface area contributed by atoms with Crippen molar-refractivity contribution >= 4 is 26.7 Å². The highest BCUT2D eigenvalue weighted by Crippen LogP contribution is 2.32. The van der Waals surface area contributed by atoms with E-state index in [2.05, 4.69) is 18.3 Å². The monoisotopic (exact) mass is 290 g/mol. The standard InChI is InChI=1S/C16H22N2OS/c1-11-6-4-3-5-7-13(11)17-16-18-14-9-8-12(19-2)10-15(14)20-16/h8-11,13H,3-7H2,1-2H3,(H,17,18). The summed E-state index contributed by atoms with van der Waals surface area (Å²) in [5, 5.41) is 4.71. The Kier molecular flexibility index (Phi) is 4.10. The zero-order valence-electron chi connectivity index (χ0n) is 12.2. The second kappa shape index (κ2) is 6.00. The minimum atomic E-state index is 0.569. The van der Waals surface area contributed by atoms with Gasteiger partial charge in [-0.2, -0.15) is 0 Å². The normalized spacial score (nSPS) is 23.5. The van der Waals surface area contributed by atoms with Crippen LogP contribution in [0, 0.1) is 5.92 Å². The van der Waals surface area contributed by atoms with Gasteiger partial charge in [-0.3, -0.25) is 0 Å². The maximum Gasteiger partial charge on any atom is 0.184 e. The van der Waals surface area contributed by atoms with Crippen LogP contribution < -0.4 is 10.1 Å². The molecule has 2 aromatic rings. The Bertz CT molecular complexity index is 581. The van der Waals surface area contributed by atoms with E-state index >= 15 is 0 Å². The van der Waals surface area contributed by atoms with Gasteiger partial charge in [0.1, 0.15) is 5.75 Å². The van der Waals surface area contributed by atoms with Crippen LogP contribution in [0.4, 0.5) is 5.13 Å². The zero-order chi connectivity index (χ0) is 13.9. The molecule has 1 aromatic carbocycles. The molecule has 108 valence electrons. The lowest BCUT2D eigenvalue weighted by Crippen LogP contribution is -2.26. The van der Waals surface area contributed by atoms with Crippen molar-refractivity contribution in [2.75, 3.05) is 12.4 Å². The Labute approximate surface area is 124 Å². The maximum absolute atomic E-state index is 5.27. The van der Waals surface area contributed by atoms with Crippen molar-refractivity contribution in [3.63, 3.8) is 0 Å². The van der Waals surface area contributed by atoms with E-state index < -0.39 is 0 Å². The molecule has 0 aliphatic heterocycles. The van der Waals surface area contributed by atoms with Gasteiger partial charge >= 0.3 is 0 Å². The van der Waals surface area contributed by atoms with Gasteiger partial charge in [0.2, 0.25) is 0 Å². The van der Waals surface area contributed by atoms with Gasteiger partial charge in [0, 0.05) is 6.04 Å². The first-order valence-electron chi connectivity index (χ1n) is 7.47. The van der Waals surface area contributed by atoms with Crippen molar-refractivity contribution in [1.82, 2.24) is 4.98 Å². The van der Waals surface area contributed by atoms with Crippen molar-refractivity contribution < 1.29 is 4.74 Å². The number of rotatable bonds is 3. The lowest BCUT2D eigenvalue weighted by atomic mass is 9.97. The molecule has 1 heterocycles. The fourth-order valence-corrected chi connectivity index (χ4v) is 3.92. The quantitative estimate of drug-likeness (QED) is 0.833. The van der Waals surface area contributed by atoms with Gasteiger partial charge in [0.25, 0.3) is 0 Å². The van der Waals surface area contributed by atoms with E-state index in [1.165, 1.54) is 36.8 Å². The number of ether oxygens (including phenoxy) is 1. The summed E-state index contributed by atoms with van der Waals surface area (Å²) in [6, 6.07) is 6.64. The van der Waals surface area contributed by atoms with E-state index in [4.69, 9.17) is 9.72 Å². The van der Waals surface area contributed by atoms with Gasteiger partial charge < -0.3 is 10.1 Å². The van der Waals surface area contributed by atoms with Gasteiger partial charge in [-0.05, 0) is 37.0 Å². The molecule has 2 unspecified atom stereocenters. The largest absolute Gasteiger partial charge is 0.497 e. The lowest BCUT2D eigenvalue weighted by molar-refractivity contribution is 0.415. The average molecular weight is 290 g/mol. The number of hydrogen-bond donors (Lipinski definition) is 1. The van der Waals surface area contributed by atoms with Crippen molar-refractivity contribution in [1.29, 1.82) is 0 Å². The third-order valence-corrected chi connectivity index (χ3v) is 5.22. The molecule has 0 radical (unpaired) electrons. The molecule has 1 saturated carbocycles. The molecule has 3 nitrogen and oxygen atoms in total. The van der Waals surface area contributed by atoms with Crippen LogP contribution in [0.1, 0.15) is 39.0 Å². The first kappa shape index (κ1) is 13.7. The second-order valence-corrected chi connectivity index (χ2v) is 6.75. The Morgan fingerprint density at radius 2 is 2.10 bits per heavy atom. The van der Waals surface area contributed by atoms with Crippen LogP contribution in [0.25, 0.3) is 10.2 Å². The molecule has 1 N–H and O–H groups in total. The molecular formula is C16H22N2OS. The fraction of sp³-hybridized carbons (Fsp3) is 0.562. The van der Waals surface area contributed by atoms with Crippen LogP contribution in [0.2, 0.25) is 0 Å². The predicted octanol–water partition coefficient (Wildman–Crippen LogP) is 4.69. The number of anilines is 1. The number of hydrogen-bond acceptors (Lipinski definition) is 4. The van der Waals surface area contributed by atoms with Gasteiger partial charge in [0.15, 0.2) is 5.13 Å². The fourth-order valence-electron chi connectivity index (χ4n) is 2.96. The highest BCUT2D eigenvalue weighted by molar-refractivity contribution is 7.22. The number of thiazole rings is 1. The van der Waals surface area contributed by atoms with Gasteiger partial charge in [-0.15, -0.1) is 0 Å². The Hall–Kier alpha value is -1.29. The molecule has 3 rings (SSSR count). The topological polar surface area (TPSA) is 34.1 Å². The zero-order valence-corrected chi connectivity index (χ0v) is 13.0. The second-order valence-electron chi connectivity index (χ2n) is 5.72. The molecule has 2 atom stereocenters. The smallest absolute Gasteiger partial charge is 0.184 e. The molecule has 0 spiro atoms. The average Bonchev–Trinajstić information content (AvgIpc) is 2.75. The highest BCUT2D eigenvalue weighted by Gasteiger charge is 2.20. The van der Waals surface area contributed by atoms with E-state index in [-0.39, 0.29) is 0 Å². The van der Waals surface area contributed by atoms with Crippen LogP contribution >= 0.6 is 11.3 Å². The molecule has 20 heavy (non-hydrogen) atoms. The maximum atomic E-state index is 5.27. The van der Waals surface area contributed by atoms with Crippen LogP contribution in [-0.4, -0.2) is 18.1 Å². The third-order valence-electron chi connectivity index (χ3n) is 4.27. The summed E-state index contributed by atoms with van der Waals surface area (Å²) >= 11 is 1.73. The van der Waals surface area contributed by atoms with E-state index in [9.17, 15) is 0 Å². The van der Waals surface area contributed by atoms with E-state index in [0.29, 0.717) is 6.04 Å². The number of nitrogens with zero attached hydrogens (tertiary/aromatic N) is 1.